The normalized spacial score (nSPS) is 14.6. The number of piperidine rings is 1. The number of nitrogens with zero attached hydrogens (tertiary/aromatic N) is 2. The summed E-state index contributed by atoms with van der Waals surface area (Å²) < 4.78 is 0. The minimum absolute atomic E-state index is 0.0439. The lowest BCUT2D eigenvalue weighted by Crippen LogP contribution is -2.36. The van der Waals surface area contributed by atoms with Gasteiger partial charge in [0.25, 0.3) is 5.91 Å². The molecule has 23 heavy (non-hydrogen) atoms. The summed E-state index contributed by atoms with van der Waals surface area (Å²) in [4.78, 5) is 18.6. The quantitative estimate of drug-likeness (QED) is 0.929. The van der Waals surface area contributed by atoms with E-state index in [9.17, 15) is 4.79 Å². The highest BCUT2D eigenvalue weighted by Crippen LogP contribution is 2.20. The smallest absolute Gasteiger partial charge is 0.272 e. The minimum Gasteiger partial charge on any atom is -0.354 e. The van der Waals surface area contributed by atoms with E-state index in [0.29, 0.717) is 5.69 Å². The van der Waals surface area contributed by atoms with Gasteiger partial charge in [-0.1, -0.05) is 6.07 Å². The van der Waals surface area contributed by atoms with Gasteiger partial charge in [-0.3, -0.25) is 4.79 Å². The number of anilines is 2. The number of likely N-dealkylation sites (tertiary alicyclic amines) is 1. The number of pyridine rings is 1. The van der Waals surface area contributed by atoms with Gasteiger partial charge in [-0.2, -0.15) is 0 Å². The Balaban J connectivity index is 1.68. The predicted octanol–water partition coefficient (Wildman–Crippen LogP) is 4.07. The first kappa shape index (κ1) is 15.5. The molecule has 1 fully saturated rings. The van der Waals surface area contributed by atoms with Crippen molar-refractivity contribution in [1.82, 2.24) is 9.88 Å². The fourth-order valence-corrected chi connectivity index (χ4v) is 2.84. The zero-order valence-electron chi connectivity index (χ0n) is 13.8. The lowest BCUT2D eigenvalue weighted by Gasteiger charge is -2.26. The van der Waals surface area contributed by atoms with Crippen LogP contribution in [0.2, 0.25) is 0 Å². The third kappa shape index (κ3) is 3.70. The lowest BCUT2D eigenvalue weighted by atomic mass is 10.1. The predicted molar refractivity (Wildman–Crippen MR) is 93.2 cm³/mol. The first-order valence-corrected chi connectivity index (χ1v) is 8.23. The number of benzene rings is 1. The van der Waals surface area contributed by atoms with E-state index < -0.39 is 0 Å². The van der Waals surface area contributed by atoms with Crippen LogP contribution in [-0.2, 0) is 0 Å². The molecule has 1 aliphatic rings. The number of hydrogen-bond acceptors (Lipinski definition) is 3. The van der Waals surface area contributed by atoms with Crippen LogP contribution in [0.1, 0.15) is 40.9 Å². The molecule has 120 valence electrons. The Morgan fingerprint density at radius 1 is 1.00 bits per heavy atom. The van der Waals surface area contributed by atoms with E-state index in [1.165, 1.54) is 17.5 Å². The number of aryl methyl sites for hydroxylation is 2. The van der Waals surface area contributed by atoms with Crippen LogP contribution in [0.3, 0.4) is 0 Å². The van der Waals surface area contributed by atoms with Gasteiger partial charge in [0.15, 0.2) is 0 Å². The summed E-state index contributed by atoms with van der Waals surface area (Å²) in [6, 6.07) is 9.98. The summed E-state index contributed by atoms with van der Waals surface area (Å²) in [5.41, 5.74) is 4.97. The van der Waals surface area contributed by atoms with E-state index in [4.69, 9.17) is 0 Å². The summed E-state index contributed by atoms with van der Waals surface area (Å²) >= 11 is 0. The van der Waals surface area contributed by atoms with Crippen molar-refractivity contribution in [3.8, 4) is 0 Å². The number of carbonyl (C=O) groups excluding carboxylic acids is 1. The average Bonchev–Trinajstić information content (AvgIpc) is 2.59. The first-order valence-electron chi connectivity index (χ1n) is 8.23. The van der Waals surface area contributed by atoms with Crippen molar-refractivity contribution in [3.05, 3.63) is 53.3 Å². The molecule has 0 atom stereocenters. The summed E-state index contributed by atoms with van der Waals surface area (Å²) in [5.74, 6) is 0.0439. The standard InChI is InChI=1S/C19H23N3O/c1-14-6-7-16(12-15(14)2)21-17-8-9-18(20-13-17)19(23)22-10-4-3-5-11-22/h6-9,12-13,21H,3-5,10-11H2,1-2H3. The van der Waals surface area contributed by atoms with Gasteiger partial charge in [-0.15, -0.1) is 0 Å². The Morgan fingerprint density at radius 2 is 1.74 bits per heavy atom. The molecule has 1 aromatic carbocycles. The van der Waals surface area contributed by atoms with Crippen molar-refractivity contribution in [3.63, 3.8) is 0 Å². The van der Waals surface area contributed by atoms with Crippen LogP contribution in [-0.4, -0.2) is 28.9 Å². The Bertz CT molecular complexity index is 688. The third-order valence-corrected chi connectivity index (χ3v) is 4.42. The molecule has 1 amide bonds. The minimum atomic E-state index is 0.0439. The van der Waals surface area contributed by atoms with E-state index in [0.717, 1.165) is 37.3 Å². The number of rotatable bonds is 3. The van der Waals surface area contributed by atoms with Crippen LogP contribution >= 0.6 is 0 Å². The van der Waals surface area contributed by atoms with Crippen LogP contribution < -0.4 is 5.32 Å². The topological polar surface area (TPSA) is 45.2 Å². The third-order valence-electron chi connectivity index (χ3n) is 4.42. The molecule has 0 aliphatic carbocycles. The molecular formula is C19H23N3O. The van der Waals surface area contributed by atoms with E-state index >= 15 is 0 Å². The van der Waals surface area contributed by atoms with Crippen molar-refractivity contribution in [1.29, 1.82) is 0 Å². The lowest BCUT2D eigenvalue weighted by molar-refractivity contribution is 0.0718. The molecule has 1 aromatic heterocycles. The van der Waals surface area contributed by atoms with E-state index in [-0.39, 0.29) is 5.91 Å². The largest absolute Gasteiger partial charge is 0.354 e. The molecule has 0 unspecified atom stereocenters. The fraction of sp³-hybridized carbons (Fsp3) is 0.368. The second-order valence-corrected chi connectivity index (χ2v) is 6.21. The highest BCUT2D eigenvalue weighted by atomic mass is 16.2. The van der Waals surface area contributed by atoms with Crippen molar-refractivity contribution in [2.45, 2.75) is 33.1 Å². The van der Waals surface area contributed by atoms with E-state index in [1.54, 1.807) is 12.3 Å². The highest BCUT2D eigenvalue weighted by Gasteiger charge is 2.18. The van der Waals surface area contributed by atoms with Gasteiger partial charge in [0.2, 0.25) is 0 Å². The van der Waals surface area contributed by atoms with Gasteiger partial charge in [0.1, 0.15) is 5.69 Å². The average molecular weight is 309 g/mol. The number of amides is 1. The van der Waals surface area contributed by atoms with Gasteiger partial charge < -0.3 is 10.2 Å². The Morgan fingerprint density at radius 3 is 2.39 bits per heavy atom. The van der Waals surface area contributed by atoms with Crippen molar-refractivity contribution in [2.75, 3.05) is 18.4 Å². The molecule has 4 heteroatoms. The summed E-state index contributed by atoms with van der Waals surface area (Å²) in [6.07, 6.45) is 5.14. The Kier molecular flexibility index (Phi) is 4.60. The van der Waals surface area contributed by atoms with Crippen LogP contribution in [0.4, 0.5) is 11.4 Å². The second kappa shape index (κ2) is 6.82. The number of carbonyl (C=O) groups is 1. The molecule has 3 rings (SSSR count). The van der Waals surface area contributed by atoms with Crippen LogP contribution in [0, 0.1) is 13.8 Å². The fourth-order valence-electron chi connectivity index (χ4n) is 2.84. The molecule has 1 N–H and O–H groups in total. The summed E-state index contributed by atoms with van der Waals surface area (Å²) in [5, 5.41) is 3.33. The maximum Gasteiger partial charge on any atom is 0.272 e. The SMILES string of the molecule is Cc1ccc(Nc2ccc(C(=O)N3CCCCC3)nc2)cc1C. The summed E-state index contributed by atoms with van der Waals surface area (Å²) in [6.45, 7) is 5.90. The molecular weight excluding hydrogens is 286 g/mol. The Hall–Kier alpha value is -2.36. The molecule has 0 spiro atoms. The number of aromatic nitrogens is 1. The second-order valence-electron chi connectivity index (χ2n) is 6.21. The number of nitrogens with one attached hydrogen (secondary N) is 1. The molecule has 2 aromatic rings. The zero-order chi connectivity index (χ0) is 16.2. The van der Waals surface area contributed by atoms with Gasteiger partial charge in [0.05, 0.1) is 11.9 Å². The van der Waals surface area contributed by atoms with Crippen LogP contribution in [0.25, 0.3) is 0 Å². The molecule has 0 saturated carbocycles. The van der Waals surface area contributed by atoms with Crippen molar-refractivity contribution < 1.29 is 4.79 Å². The molecule has 1 saturated heterocycles. The van der Waals surface area contributed by atoms with Crippen LogP contribution in [0.5, 0.6) is 0 Å². The zero-order valence-corrected chi connectivity index (χ0v) is 13.8. The number of hydrogen-bond donors (Lipinski definition) is 1. The summed E-state index contributed by atoms with van der Waals surface area (Å²) in [7, 11) is 0. The molecule has 0 radical (unpaired) electrons. The van der Waals surface area contributed by atoms with Crippen molar-refractivity contribution in [2.24, 2.45) is 0 Å². The monoisotopic (exact) mass is 309 g/mol. The maximum atomic E-state index is 12.4. The van der Waals surface area contributed by atoms with Gasteiger partial charge in [0, 0.05) is 18.8 Å². The first-order chi connectivity index (χ1) is 11.1. The maximum absolute atomic E-state index is 12.4. The van der Waals surface area contributed by atoms with Gasteiger partial charge in [-0.25, -0.2) is 4.98 Å². The van der Waals surface area contributed by atoms with Gasteiger partial charge >= 0.3 is 0 Å². The van der Waals surface area contributed by atoms with E-state index in [2.05, 4.69) is 42.3 Å². The van der Waals surface area contributed by atoms with E-state index in [1.807, 2.05) is 11.0 Å². The molecule has 2 heterocycles. The molecule has 1 aliphatic heterocycles. The highest BCUT2D eigenvalue weighted by molar-refractivity contribution is 5.92. The molecule has 4 nitrogen and oxygen atoms in total. The van der Waals surface area contributed by atoms with Crippen molar-refractivity contribution >= 4 is 17.3 Å². The van der Waals surface area contributed by atoms with Crippen LogP contribution in [0.15, 0.2) is 36.5 Å². The molecule has 0 bridgehead atoms. The Labute approximate surface area is 137 Å². The van der Waals surface area contributed by atoms with Gasteiger partial charge in [-0.05, 0) is 68.5 Å².